The van der Waals surface area contributed by atoms with Crippen LogP contribution in [-0.2, 0) is 0 Å². The van der Waals surface area contributed by atoms with E-state index in [0.29, 0.717) is 10.9 Å². The van der Waals surface area contributed by atoms with E-state index in [1.807, 2.05) is 18.5 Å². The van der Waals surface area contributed by atoms with Crippen LogP contribution in [0.4, 0.5) is 0 Å². The molecule has 0 radical (unpaired) electrons. The zero-order chi connectivity index (χ0) is 11.9. The van der Waals surface area contributed by atoms with Crippen molar-refractivity contribution in [2.75, 3.05) is 0 Å². The number of nitrogens with zero attached hydrogens (tertiary/aromatic N) is 2. The predicted molar refractivity (Wildman–Crippen MR) is 64.5 cm³/mol. The largest absolute Gasteiger partial charge is 0.386 e. The predicted octanol–water partition coefficient (Wildman–Crippen LogP) is 3.20. The molecule has 0 amide bonds. The smallest absolute Gasteiger partial charge is 0.0999 e. The van der Waals surface area contributed by atoms with E-state index in [1.54, 1.807) is 6.20 Å². The molecule has 3 nitrogen and oxygen atoms in total. The third kappa shape index (κ3) is 2.11. The van der Waals surface area contributed by atoms with E-state index in [-0.39, 0.29) is 12.0 Å². The van der Waals surface area contributed by atoms with Gasteiger partial charge in [-0.05, 0) is 38.5 Å². The van der Waals surface area contributed by atoms with Crippen LogP contribution in [0.5, 0.6) is 0 Å². The first-order chi connectivity index (χ1) is 7.52. The molecule has 1 saturated carbocycles. The zero-order valence-electron chi connectivity index (χ0n) is 10.0. The molecule has 2 atom stereocenters. The minimum Gasteiger partial charge on any atom is -0.386 e. The lowest BCUT2D eigenvalue weighted by Gasteiger charge is -2.21. The zero-order valence-corrected chi connectivity index (χ0v) is 10.8. The van der Waals surface area contributed by atoms with Gasteiger partial charge in [-0.3, -0.25) is 4.68 Å². The van der Waals surface area contributed by atoms with Crippen molar-refractivity contribution >= 4 is 11.6 Å². The number of aliphatic hydroxyl groups is 1. The SMILES string of the molecule is CC(C1CC1)C(O)c1c(Cl)cnn1C(C)C. The van der Waals surface area contributed by atoms with Gasteiger partial charge in [0.25, 0.3) is 0 Å². The lowest BCUT2D eigenvalue weighted by Crippen LogP contribution is -2.18. The molecule has 1 aromatic heterocycles. The van der Waals surface area contributed by atoms with Gasteiger partial charge in [-0.2, -0.15) is 5.10 Å². The molecule has 2 unspecified atom stereocenters. The van der Waals surface area contributed by atoms with Crippen LogP contribution in [0.25, 0.3) is 0 Å². The van der Waals surface area contributed by atoms with Gasteiger partial charge in [0, 0.05) is 6.04 Å². The molecule has 0 aromatic carbocycles. The van der Waals surface area contributed by atoms with Crippen molar-refractivity contribution in [3.63, 3.8) is 0 Å². The number of rotatable bonds is 4. The molecular formula is C12H19ClN2O. The number of hydrogen-bond donors (Lipinski definition) is 1. The lowest BCUT2D eigenvalue weighted by atomic mass is 9.96. The molecule has 1 aliphatic carbocycles. The first-order valence-electron chi connectivity index (χ1n) is 5.93. The number of aliphatic hydroxyl groups excluding tert-OH is 1. The standard InChI is InChI=1S/C12H19ClN2O/c1-7(2)15-11(10(13)6-14-15)12(16)8(3)9-4-5-9/h6-9,12,16H,4-5H2,1-3H3. The highest BCUT2D eigenvalue weighted by molar-refractivity contribution is 6.31. The maximum absolute atomic E-state index is 10.4. The van der Waals surface area contributed by atoms with Crippen LogP contribution in [0.1, 0.15) is 51.5 Å². The molecule has 1 fully saturated rings. The minimum absolute atomic E-state index is 0.226. The Balaban J connectivity index is 2.26. The van der Waals surface area contributed by atoms with Crippen LogP contribution < -0.4 is 0 Å². The molecule has 1 aromatic rings. The third-order valence-electron chi connectivity index (χ3n) is 3.42. The fraction of sp³-hybridized carbons (Fsp3) is 0.750. The van der Waals surface area contributed by atoms with Gasteiger partial charge in [0.1, 0.15) is 0 Å². The summed E-state index contributed by atoms with van der Waals surface area (Å²) in [5.41, 5.74) is 0.774. The minimum atomic E-state index is -0.495. The Hall–Kier alpha value is -0.540. The van der Waals surface area contributed by atoms with Gasteiger partial charge in [-0.1, -0.05) is 18.5 Å². The highest BCUT2D eigenvalue weighted by Gasteiger charge is 2.35. The summed E-state index contributed by atoms with van der Waals surface area (Å²) in [7, 11) is 0. The first-order valence-corrected chi connectivity index (χ1v) is 6.31. The van der Waals surface area contributed by atoms with Crippen molar-refractivity contribution in [2.45, 2.75) is 45.8 Å². The Labute approximate surface area is 101 Å². The second-order valence-corrected chi connectivity index (χ2v) is 5.46. The average molecular weight is 243 g/mol. The lowest BCUT2D eigenvalue weighted by molar-refractivity contribution is 0.0952. The van der Waals surface area contributed by atoms with Crippen LogP contribution in [0.15, 0.2) is 6.20 Å². The Kier molecular flexibility index (Phi) is 3.27. The van der Waals surface area contributed by atoms with Crippen molar-refractivity contribution in [3.8, 4) is 0 Å². The van der Waals surface area contributed by atoms with Gasteiger partial charge < -0.3 is 5.11 Å². The van der Waals surface area contributed by atoms with Crippen molar-refractivity contribution in [3.05, 3.63) is 16.9 Å². The van der Waals surface area contributed by atoms with Gasteiger partial charge in [0.05, 0.1) is 23.0 Å². The van der Waals surface area contributed by atoms with Crippen molar-refractivity contribution in [2.24, 2.45) is 11.8 Å². The van der Waals surface area contributed by atoms with Crippen molar-refractivity contribution in [1.82, 2.24) is 9.78 Å². The van der Waals surface area contributed by atoms with Crippen LogP contribution in [0.3, 0.4) is 0 Å². The summed E-state index contributed by atoms with van der Waals surface area (Å²) in [4.78, 5) is 0. The van der Waals surface area contributed by atoms with Gasteiger partial charge in [-0.25, -0.2) is 0 Å². The number of hydrogen-bond acceptors (Lipinski definition) is 2. The summed E-state index contributed by atoms with van der Waals surface area (Å²) in [6.45, 7) is 6.18. The highest BCUT2D eigenvalue weighted by Crippen LogP contribution is 2.44. The van der Waals surface area contributed by atoms with E-state index in [4.69, 9.17) is 11.6 Å². The summed E-state index contributed by atoms with van der Waals surface area (Å²) in [6, 6.07) is 0.226. The summed E-state index contributed by atoms with van der Waals surface area (Å²) in [5, 5.41) is 15.2. The topological polar surface area (TPSA) is 38.1 Å². The molecule has 0 spiro atoms. The molecule has 16 heavy (non-hydrogen) atoms. The van der Waals surface area contributed by atoms with Crippen LogP contribution in [-0.4, -0.2) is 14.9 Å². The molecule has 1 heterocycles. The summed E-state index contributed by atoms with van der Waals surface area (Å²) >= 11 is 6.11. The molecule has 2 rings (SSSR count). The van der Waals surface area contributed by atoms with Crippen LogP contribution in [0, 0.1) is 11.8 Å². The molecule has 1 N–H and O–H groups in total. The van der Waals surface area contributed by atoms with Gasteiger partial charge in [0.15, 0.2) is 0 Å². The Morgan fingerprint density at radius 2 is 2.06 bits per heavy atom. The molecule has 0 saturated heterocycles. The second kappa shape index (κ2) is 4.38. The quantitative estimate of drug-likeness (QED) is 0.881. The molecule has 1 aliphatic rings. The first kappa shape index (κ1) is 11.9. The van der Waals surface area contributed by atoms with Gasteiger partial charge in [0.2, 0.25) is 0 Å². The summed E-state index contributed by atoms with van der Waals surface area (Å²) in [5.74, 6) is 0.924. The summed E-state index contributed by atoms with van der Waals surface area (Å²) in [6.07, 6.45) is 3.58. The monoisotopic (exact) mass is 242 g/mol. The van der Waals surface area contributed by atoms with Crippen LogP contribution >= 0.6 is 11.6 Å². The Bertz CT molecular complexity index is 371. The molecule has 90 valence electrons. The van der Waals surface area contributed by atoms with Gasteiger partial charge in [-0.15, -0.1) is 0 Å². The average Bonchev–Trinajstić information content (AvgIpc) is 2.99. The van der Waals surface area contributed by atoms with Gasteiger partial charge >= 0.3 is 0 Å². The Morgan fingerprint density at radius 3 is 2.56 bits per heavy atom. The molecule has 0 bridgehead atoms. The van der Waals surface area contributed by atoms with E-state index < -0.39 is 6.10 Å². The second-order valence-electron chi connectivity index (χ2n) is 5.06. The van der Waals surface area contributed by atoms with E-state index >= 15 is 0 Å². The maximum atomic E-state index is 10.4. The van der Waals surface area contributed by atoms with E-state index in [2.05, 4.69) is 12.0 Å². The van der Waals surface area contributed by atoms with Crippen molar-refractivity contribution < 1.29 is 5.11 Å². The third-order valence-corrected chi connectivity index (χ3v) is 3.71. The molecule has 4 heteroatoms. The maximum Gasteiger partial charge on any atom is 0.0999 e. The fourth-order valence-corrected chi connectivity index (χ4v) is 2.41. The van der Waals surface area contributed by atoms with E-state index in [1.165, 1.54) is 12.8 Å². The summed E-state index contributed by atoms with van der Waals surface area (Å²) < 4.78 is 1.83. The van der Waals surface area contributed by atoms with Crippen LogP contribution in [0.2, 0.25) is 5.02 Å². The fourth-order valence-electron chi connectivity index (χ4n) is 2.17. The number of halogens is 1. The molecule has 0 aliphatic heterocycles. The Morgan fingerprint density at radius 1 is 1.44 bits per heavy atom. The van der Waals surface area contributed by atoms with E-state index in [0.717, 1.165) is 5.69 Å². The molecular weight excluding hydrogens is 224 g/mol. The van der Waals surface area contributed by atoms with E-state index in [9.17, 15) is 5.11 Å². The highest BCUT2D eigenvalue weighted by atomic mass is 35.5. The normalized spacial score (nSPS) is 20.1. The van der Waals surface area contributed by atoms with Crippen molar-refractivity contribution in [1.29, 1.82) is 0 Å². The number of aromatic nitrogens is 2.